The normalized spacial score (nSPS) is 10.4. The van der Waals surface area contributed by atoms with E-state index < -0.39 is 11.7 Å². The molecule has 0 atom stereocenters. The summed E-state index contributed by atoms with van der Waals surface area (Å²) < 4.78 is 23.8. The van der Waals surface area contributed by atoms with Crippen LogP contribution in [0.4, 0.5) is 4.39 Å². The minimum Gasteiger partial charge on any atom is -0.537 e. The maximum atomic E-state index is 13.7. The molecule has 0 bridgehead atoms. The van der Waals surface area contributed by atoms with Gasteiger partial charge in [0.1, 0.15) is 11.6 Å². The van der Waals surface area contributed by atoms with Crippen LogP contribution in [0.25, 0.3) is 0 Å². The molecule has 2 N–H and O–H groups in total. The molecule has 1 amide bonds. The number of amides is 1. The molecular weight excluding hydrogens is 224 g/mol. The van der Waals surface area contributed by atoms with Crippen molar-refractivity contribution in [1.82, 2.24) is 0 Å². The largest absolute Gasteiger partial charge is 0.572 e. The van der Waals surface area contributed by atoms with Gasteiger partial charge in [0.2, 0.25) is 0 Å². The average molecular weight is 238 g/mol. The van der Waals surface area contributed by atoms with Gasteiger partial charge in [-0.2, -0.15) is 0 Å². The van der Waals surface area contributed by atoms with Gasteiger partial charge in [-0.25, -0.2) is 4.39 Å². The first kappa shape index (κ1) is 13.5. The monoisotopic (exact) mass is 238 g/mol. The molecule has 1 radical (unpaired) electrons. The second kappa shape index (κ2) is 5.68. The molecule has 91 valence electrons. The van der Waals surface area contributed by atoms with Gasteiger partial charge < -0.3 is 15.0 Å². The summed E-state index contributed by atoms with van der Waals surface area (Å²) in [6, 6.07) is 2.75. The van der Waals surface area contributed by atoms with Crippen LogP contribution in [0.3, 0.4) is 0 Å². The smallest absolute Gasteiger partial charge is 0.537 e. The topological polar surface area (TPSA) is 61.6 Å². The van der Waals surface area contributed by atoms with Gasteiger partial charge in [-0.05, 0) is 32.9 Å². The zero-order valence-electron chi connectivity index (χ0n) is 9.99. The molecule has 0 aromatic heterocycles. The molecule has 0 aliphatic heterocycles. The van der Waals surface area contributed by atoms with E-state index in [1.165, 1.54) is 19.1 Å². The summed E-state index contributed by atoms with van der Waals surface area (Å²) >= 11 is 0. The highest BCUT2D eigenvalue weighted by Gasteiger charge is 2.14. The molecule has 1 rings (SSSR count). The van der Waals surface area contributed by atoms with E-state index in [0.717, 1.165) is 7.69 Å². The number of rotatable bonds is 5. The molecular formula is C11H14BFNO3. The zero-order chi connectivity index (χ0) is 13.0. The number of carbonyl (C=O) groups excluding carboxylic acids is 1. The van der Waals surface area contributed by atoms with Crippen LogP contribution in [0.5, 0.6) is 5.75 Å². The van der Waals surface area contributed by atoms with Crippen molar-refractivity contribution < 1.29 is 18.5 Å². The average Bonchev–Trinajstić information content (AvgIpc) is 2.23. The fourth-order valence-electron chi connectivity index (χ4n) is 1.18. The third kappa shape index (κ3) is 3.46. The predicted octanol–water partition coefficient (Wildman–Crippen LogP) is 1.57. The van der Waals surface area contributed by atoms with E-state index in [-0.39, 0.29) is 23.0 Å². The lowest BCUT2D eigenvalue weighted by molar-refractivity contribution is 0.0996. The van der Waals surface area contributed by atoms with Crippen LogP contribution >= 0.6 is 0 Å². The van der Waals surface area contributed by atoms with E-state index in [0.29, 0.717) is 0 Å². The Morgan fingerprint density at radius 3 is 2.65 bits per heavy atom. The second-order valence-electron chi connectivity index (χ2n) is 3.81. The summed E-state index contributed by atoms with van der Waals surface area (Å²) in [5.74, 6) is -1.19. The Bertz CT molecular complexity index is 423. The quantitative estimate of drug-likeness (QED) is 0.792. The minimum absolute atomic E-state index is 0.0231. The SMILES string of the molecule is Cc1c(O[B]OC(C)C)ccc(C(N)=O)c1F. The molecule has 0 saturated heterocycles. The van der Waals surface area contributed by atoms with Crippen molar-refractivity contribution in [3.8, 4) is 5.75 Å². The highest BCUT2D eigenvalue weighted by atomic mass is 19.1. The van der Waals surface area contributed by atoms with Gasteiger partial charge in [-0.1, -0.05) is 0 Å². The van der Waals surface area contributed by atoms with Gasteiger partial charge in [0, 0.05) is 11.7 Å². The zero-order valence-corrected chi connectivity index (χ0v) is 9.99. The van der Waals surface area contributed by atoms with E-state index >= 15 is 0 Å². The van der Waals surface area contributed by atoms with E-state index in [1.807, 2.05) is 13.8 Å². The number of benzene rings is 1. The lowest BCUT2D eigenvalue weighted by atomic mass is 10.1. The van der Waals surface area contributed by atoms with Crippen LogP contribution in [-0.2, 0) is 4.65 Å². The van der Waals surface area contributed by atoms with Gasteiger partial charge in [-0.15, -0.1) is 0 Å². The van der Waals surface area contributed by atoms with Gasteiger partial charge >= 0.3 is 7.69 Å². The van der Waals surface area contributed by atoms with Crippen molar-refractivity contribution in [2.24, 2.45) is 5.73 Å². The van der Waals surface area contributed by atoms with Crippen LogP contribution in [0.2, 0.25) is 0 Å². The van der Waals surface area contributed by atoms with Crippen molar-refractivity contribution in [1.29, 1.82) is 0 Å². The van der Waals surface area contributed by atoms with Gasteiger partial charge in [0.15, 0.2) is 0 Å². The van der Waals surface area contributed by atoms with E-state index in [1.54, 1.807) is 0 Å². The Morgan fingerprint density at radius 2 is 2.12 bits per heavy atom. The molecule has 0 aliphatic carbocycles. The van der Waals surface area contributed by atoms with Crippen molar-refractivity contribution in [3.63, 3.8) is 0 Å². The van der Waals surface area contributed by atoms with E-state index in [9.17, 15) is 9.18 Å². The standard InChI is InChI=1S/C11H14BFNO3/c1-6(2)16-12-17-9-5-4-8(11(14)15)10(13)7(9)3/h4-6H,1-3H3,(H2,14,15). The fourth-order valence-corrected chi connectivity index (χ4v) is 1.18. The predicted molar refractivity (Wildman–Crippen MR) is 62.3 cm³/mol. The first-order chi connectivity index (χ1) is 7.93. The van der Waals surface area contributed by atoms with E-state index in [4.69, 9.17) is 15.0 Å². The first-order valence-electron chi connectivity index (χ1n) is 5.16. The summed E-state index contributed by atoms with van der Waals surface area (Å²) in [4.78, 5) is 10.9. The molecule has 17 heavy (non-hydrogen) atoms. The molecule has 6 heteroatoms. The van der Waals surface area contributed by atoms with Crippen molar-refractivity contribution in [3.05, 3.63) is 29.1 Å². The maximum absolute atomic E-state index is 13.7. The van der Waals surface area contributed by atoms with Crippen molar-refractivity contribution in [2.45, 2.75) is 26.9 Å². The first-order valence-corrected chi connectivity index (χ1v) is 5.16. The fraction of sp³-hybridized carbons (Fsp3) is 0.364. The molecule has 0 fully saturated rings. The number of carbonyl (C=O) groups is 1. The van der Waals surface area contributed by atoms with Crippen LogP contribution in [0, 0.1) is 12.7 Å². The molecule has 4 nitrogen and oxygen atoms in total. The summed E-state index contributed by atoms with van der Waals surface area (Å²) in [6.45, 7) is 5.17. The Balaban J connectivity index is 2.82. The van der Waals surface area contributed by atoms with Crippen molar-refractivity contribution in [2.75, 3.05) is 0 Å². The summed E-state index contributed by atoms with van der Waals surface area (Å²) in [7, 11) is 1.14. The summed E-state index contributed by atoms with van der Waals surface area (Å²) in [5.41, 5.74) is 5.08. The van der Waals surface area contributed by atoms with Crippen LogP contribution < -0.4 is 10.4 Å². The Labute approximate surface area is 100 Å². The lowest BCUT2D eigenvalue weighted by Crippen LogP contribution is -2.16. The van der Waals surface area contributed by atoms with Crippen LogP contribution in [-0.4, -0.2) is 19.7 Å². The number of hydrogen-bond acceptors (Lipinski definition) is 3. The van der Waals surface area contributed by atoms with Crippen molar-refractivity contribution >= 4 is 13.6 Å². The molecule has 0 heterocycles. The van der Waals surface area contributed by atoms with Crippen LogP contribution in [0.1, 0.15) is 29.8 Å². The Hall–Kier alpha value is -1.56. The Kier molecular flexibility index (Phi) is 4.51. The maximum Gasteiger partial charge on any atom is 0.572 e. The van der Waals surface area contributed by atoms with Gasteiger partial charge in [-0.3, -0.25) is 4.79 Å². The number of halogens is 1. The molecule has 0 aliphatic rings. The minimum atomic E-state index is -0.806. The third-order valence-electron chi connectivity index (χ3n) is 2.10. The Morgan fingerprint density at radius 1 is 1.47 bits per heavy atom. The highest BCUT2D eigenvalue weighted by molar-refractivity contribution is 6.19. The lowest BCUT2D eigenvalue weighted by Gasteiger charge is -2.11. The number of primary amides is 1. The molecule has 0 spiro atoms. The van der Waals surface area contributed by atoms with Gasteiger partial charge in [0.25, 0.3) is 5.91 Å². The molecule has 0 saturated carbocycles. The molecule has 1 aromatic carbocycles. The number of nitrogens with two attached hydrogens (primary N) is 1. The van der Waals surface area contributed by atoms with E-state index in [2.05, 4.69) is 0 Å². The van der Waals surface area contributed by atoms with Gasteiger partial charge in [0.05, 0.1) is 5.56 Å². The second-order valence-corrected chi connectivity index (χ2v) is 3.81. The highest BCUT2D eigenvalue weighted by Crippen LogP contribution is 2.23. The third-order valence-corrected chi connectivity index (χ3v) is 2.10. The van der Waals surface area contributed by atoms with Crippen LogP contribution in [0.15, 0.2) is 12.1 Å². The molecule has 0 unspecified atom stereocenters. The number of hydrogen-bond donors (Lipinski definition) is 1. The summed E-state index contributed by atoms with van der Waals surface area (Å²) in [6.07, 6.45) is -0.0231. The molecule has 1 aromatic rings. The summed E-state index contributed by atoms with van der Waals surface area (Å²) in [5, 5.41) is 0.